The highest BCUT2D eigenvalue weighted by Gasteiger charge is 2.29. The topological polar surface area (TPSA) is 77.0 Å². The molecule has 1 aliphatic rings. The van der Waals surface area contributed by atoms with Crippen molar-refractivity contribution in [2.24, 2.45) is 0 Å². The molecule has 0 unspecified atom stereocenters. The molecule has 4 rings (SSSR count). The molecule has 3 heterocycles. The third-order valence-corrected chi connectivity index (χ3v) is 5.26. The van der Waals surface area contributed by atoms with E-state index in [0.717, 1.165) is 28.6 Å². The number of hydrogen-bond donors (Lipinski definition) is 1. The van der Waals surface area contributed by atoms with Crippen LogP contribution in [-0.2, 0) is 12.4 Å². The first-order chi connectivity index (χ1) is 10.8. The van der Waals surface area contributed by atoms with Crippen molar-refractivity contribution >= 4 is 23.1 Å². The second-order valence-electron chi connectivity index (χ2n) is 5.07. The van der Waals surface area contributed by atoms with Gasteiger partial charge in [0.15, 0.2) is 11.0 Å². The molecule has 0 saturated heterocycles. The van der Waals surface area contributed by atoms with Gasteiger partial charge in [0, 0.05) is 11.8 Å². The van der Waals surface area contributed by atoms with E-state index in [1.807, 2.05) is 22.1 Å². The van der Waals surface area contributed by atoms with E-state index >= 15 is 0 Å². The number of thiophene rings is 1. The predicted octanol–water partition coefficient (Wildman–Crippen LogP) is 3.11. The lowest BCUT2D eigenvalue weighted by Crippen LogP contribution is -2.02. The van der Waals surface area contributed by atoms with Gasteiger partial charge in [-0.2, -0.15) is 0 Å². The summed E-state index contributed by atoms with van der Waals surface area (Å²) in [5, 5.41) is 20.4. The van der Waals surface area contributed by atoms with Gasteiger partial charge < -0.3 is 14.1 Å². The van der Waals surface area contributed by atoms with Crippen LogP contribution in [0.5, 0.6) is 0 Å². The van der Waals surface area contributed by atoms with Crippen molar-refractivity contribution < 1.29 is 9.52 Å². The van der Waals surface area contributed by atoms with Crippen molar-refractivity contribution in [2.75, 3.05) is 0 Å². The van der Waals surface area contributed by atoms with Gasteiger partial charge in [-0.15, -0.1) is 21.5 Å². The van der Waals surface area contributed by atoms with Gasteiger partial charge in [0.2, 0.25) is 5.89 Å². The quantitative estimate of drug-likeness (QED) is 0.698. The Morgan fingerprint density at radius 2 is 2.32 bits per heavy atom. The lowest BCUT2D eigenvalue weighted by Gasteiger charge is -2.05. The molecule has 1 aliphatic carbocycles. The average molecular weight is 334 g/mol. The zero-order valence-corrected chi connectivity index (χ0v) is 13.3. The number of thioether (sulfide) groups is 1. The zero-order chi connectivity index (χ0) is 14.9. The van der Waals surface area contributed by atoms with Crippen LogP contribution in [0.4, 0.5) is 0 Å². The summed E-state index contributed by atoms with van der Waals surface area (Å²) in [5.74, 6) is 1.97. The highest BCUT2D eigenvalue weighted by Crippen LogP contribution is 2.39. The number of aromatic nitrogens is 4. The van der Waals surface area contributed by atoms with Crippen LogP contribution < -0.4 is 0 Å². The Bertz CT molecular complexity index is 762. The summed E-state index contributed by atoms with van der Waals surface area (Å²) in [7, 11) is 0. The van der Waals surface area contributed by atoms with Crippen molar-refractivity contribution in [1.29, 1.82) is 0 Å². The van der Waals surface area contributed by atoms with Gasteiger partial charge in [0.1, 0.15) is 12.9 Å². The molecule has 0 radical (unpaired) electrons. The maximum absolute atomic E-state index is 9.34. The molecule has 0 aliphatic heterocycles. The van der Waals surface area contributed by atoms with E-state index in [0.29, 0.717) is 23.5 Å². The molecule has 0 amide bonds. The maximum atomic E-state index is 9.34. The van der Waals surface area contributed by atoms with Crippen LogP contribution in [0.25, 0.3) is 10.8 Å². The number of hydrogen-bond acceptors (Lipinski definition) is 7. The van der Waals surface area contributed by atoms with Gasteiger partial charge in [-0.05, 0) is 24.3 Å². The number of aliphatic hydroxyl groups is 1. The van der Waals surface area contributed by atoms with Crippen LogP contribution in [0.2, 0.25) is 0 Å². The molecule has 0 atom stereocenters. The Morgan fingerprint density at radius 3 is 3.05 bits per heavy atom. The highest BCUT2D eigenvalue weighted by molar-refractivity contribution is 7.98. The van der Waals surface area contributed by atoms with Crippen molar-refractivity contribution in [1.82, 2.24) is 19.7 Å². The van der Waals surface area contributed by atoms with Crippen LogP contribution in [0.15, 0.2) is 33.3 Å². The molecule has 3 aromatic rings. The lowest BCUT2D eigenvalue weighted by atomic mass is 10.5. The van der Waals surface area contributed by atoms with E-state index in [1.54, 1.807) is 29.4 Å². The molecule has 1 saturated carbocycles. The molecule has 0 spiro atoms. The van der Waals surface area contributed by atoms with Gasteiger partial charge in [-0.25, -0.2) is 4.98 Å². The fourth-order valence-electron chi connectivity index (χ4n) is 2.24. The first kappa shape index (κ1) is 14.0. The largest absolute Gasteiger partial charge is 0.444 e. The van der Waals surface area contributed by atoms with E-state index in [-0.39, 0.29) is 6.61 Å². The average Bonchev–Trinajstić information content (AvgIpc) is 3.01. The normalized spacial score (nSPS) is 14.6. The van der Waals surface area contributed by atoms with Crippen LogP contribution in [0.3, 0.4) is 0 Å². The van der Waals surface area contributed by atoms with Crippen LogP contribution in [0.1, 0.15) is 30.4 Å². The minimum Gasteiger partial charge on any atom is -0.444 e. The van der Waals surface area contributed by atoms with Crippen molar-refractivity contribution in [2.45, 2.75) is 36.4 Å². The second kappa shape index (κ2) is 5.86. The van der Waals surface area contributed by atoms with E-state index in [2.05, 4.69) is 15.2 Å². The molecule has 1 fully saturated rings. The van der Waals surface area contributed by atoms with Crippen molar-refractivity contribution in [3.05, 3.63) is 35.3 Å². The molecular formula is C14H14N4O2S2. The molecule has 22 heavy (non-hydrogen) atoms. The number of rotatable bonds is 6. The van der Waals surface area contributed by atoms with E-state index in [9.17, 15) is 5.11 Å². The first-order valence-corrected chi connectivity index (χ1v) is 8.87. The Balaban J connectivity index is 1.48. The van der Waals surface area contributed by atoms with Gasteiger partial charge >= 0.3 is 0 Å². The van der Waals surface area contributed by atoms with Crippen molar-refractivity contribution in [3.63, 3.8) is 0 Å². The summed E-state index contributed by atoms with van der Waals surface area (Å²) in [6.45, 7) is -0.0729. The predicted molar refractivity (Wildman–Crippen MR) is 83.6 cm³/mol. The summed E-state index contributed by atoms with van der Waals surface area (Å²) in [6.07, 6.45) is 3.95. The second-order valence-corrected chi connectivity index (χ2v) is 6.96. The number of oxazole rings is 1. The van der Waals surface area contributed by atoms with E-state index in [4.69, 9.17) is 4.42 Å². The fourth-order valence-corrected chi connectivity index (χ4v) is 3.80. The summed E-state index contributed by atoms with van der Waals surface area (Å²) < 4.78 is 7.56. The minimum absolute atomic E-state index is 0.0729. The number of nitrogens with zero attached hydrogens (tertiary/aromatic N) is 4. The highest BCUT2D eigenvalue weighted by atomic mass is 32.2. The van der Waals surface area contributed by atoms with Crippen LogP contribution >= 0.6 is 23.1 Å². The van der Waals surface area contributed by atoms with Gasteiger partial charge in [0.25, 0.3) is 0 Å². The SMILES string of the molecule is OCc1nnc(SCc2coc(-c3cccs3)n2)n1C1CC1. The maximum Gasteiger partial charge on any atom is 0.236 e. The molecule has 6 nitrogen and oxygen atoms in total. The molecule has 114 valence electrons. The summed E-state index contributed by atoms with van der Waals surface area (Å²) in [6, 6.07) is 4.41. The Labute approximate surface area is 135 Å². The third kappa shape index (κ3) is 2.69. The molecular weight excluding hydrogens is 320 g/mol. The van der Waals surface area contributed by atoms with Gasteiger partial charge in [-0.1, -0.05) is 17.8 Å². The summed E-state index contributed by atoms with van der Waals surface area (Å²) >= 11 is 3.18. The minimum atomic E-state index is -0.0729. The zero-order valence-electron chi connectivity index (χ0n) is 11.7. The van der Waals surface area contributed by atoms with E-state index in [1.165, 1.54) is 0 Å². The summed E-state index contributed by atoms with van der Waals surface area (Å²) in [4.78, 5) is 5.53. The fraction of sp³-hybridized carbons (Fsp3) is 0.357. The standard InChI is InChI=1S/C14H14N4O2S2/c19-6-12-16-17-14(18(12)10-3-4-10)22-8-9-7-20-13(15-9)11-2-1-5-21-11/h1-2,5,7,10,19H,3-4,6,8H2. The molecule has 8 heteroatoms. The monoisotopic (exact) mass is 334 g/mol. The van der Waals surface area contributed by atoms with Gasteiger partial charge in [0.05, 0.1) is 10.6 Å². The van der Waals surface area contributed by atoms with Crippen molar-refractivity contribution in [3.8, 4) is 10.8 Å². The molecule has 1 N–H and O–H groups in total. The lowest BCUT2D eigenvalue weighted by molar-refractivity contribution is 0.263. The Kier molecular flexibility index (Phi) is 3.73. The Hall–Kier alpha value is -1.64. The first-order valence-electron chi connectivity index (χ1n) is 7.01. The molecule has 0 aromatic carbocycles. The van der Waals surface area contributed by atoms with Crippen LogP contribution in [0, 0.1) is 0 Å². The third-order valence-electron chi connectivity index (χ3n) is 3.42. The Morgan fingerprint density at radius 1 is 1.41 bits per heavy atom. The summed E-state index contributed by atoms with van der Waals surface area (Å²) in [5.41, 5.74) is 0.879. The number of aliphatic hydroxyl groups excluding tert-OH is 1. The molecule has 0 bridgehead atoms. The van der Waals surface area contributed by atoms with E-state index < -0.39 is 0 Å². The van der Waals surface area contributed by atoms with Crippen LogP contribution in [-0.4, -0.2) is 24.9 Å². The molecule has 3 aromatic heterocycles. The smallest absolute Gasteiger partial charge is 0.236 e. The van der Waals surface area contributed by atoms with Gasteiger partial charge in [-0.3, -0.25) is 0 Å².